The summed E-state index contributed by atoms with van der Waals surface area (Å²) < 4.78 is 4.78. The van der Waals surface area contributed by atoms with E-state index in [9.17, 15) is 0 Å². The minimum atomic E-state index is -0.737. The van der Waals surface area contributed by atoms with Gasteiger partial charge in [0.1, 0.15) is 22.6 Å². The molecule has 4 aliphatic rings. The molecule has 0 fully saturated rings. The Hall–Kier alpha value is -3.83. The molecule has 10 rings (SSSR count). The van der Waals surface area contributed by atoms with Crippen LogP contribution < -0.4 is 11.0 Å². The fourth-order valence-corrected chi connectivity index (χ4v) is 14.4. The number of hydrogen-bond acceptors (Lipinski definition) is 10. The third-order valence-electron chi connectivity index (χ3n) is 11.4. The number of unbranched alkanes of at least 4 members (excludes halogenated alkanes) is 4. The SMILES string of the molecule is CCCCSc1cccc2c1C1=NC2=Nc2c3c(SCCCC)cccc3c3[n]2[Al][n]2c(c4cccc(SCCCC)c4c2=NC2=NC(=N3)c3c(SCCCC)cccc32)=N1. The number of fused-ring (bicyclic) bond motifs is 14. The van der Waals surface area contributed by atoms with Gasteiger partial charge in [0.05, 0.1) is 0 Å². The molecule has 6 aromatic rings. The number of rotatable bonds is 16. The first-order valence-corrected chi connectivity index (χ1v) is 26.8. The van der Waals surface area contributed by atoms with Crippen LogP contribution in [0.4, 0.5) is 11.6 Å². The van der Waals surface area contributed by atoms with E-state index in [0.717, 1.165) is 152 Å². The molecule has 0 unspecified atom stereocenters. The van der Waals surface area contributed by atoms with Gasteiger partial charge in [-0.3, -0.25) is 0 Å². The molecule has 4 aliphatic heterocycles. The Morgan fingerprint density at radius 2 is 0.885 bits per heavy atom. The quantitative estimate of drug-likeness (QED) is 0.0550. The molecule has 61 heavy (non-hydrogen) atoms. The molecule has 6 bridgehead atoms. The highest BCUT2D eigenvalue weighted by atomic mass is 32.2. The zero-order chi connectivity index (χ0) is 41.5. The first kappa shape index (κ1) is 41.2. The third-order valence-corrected chi connectivity index (χ3v) is 17.4. The van der Waals surface area contributed by atoms with Crippen molar-refractivity contribution in [1.29, 1.82) is 0 Å². The molecule has 0 spiro atoms. The normalized spacial score (nSPS) is 14.4. The van der Waals surface area contributed by atoms with Gasteiger partial charge >= 0.3 is 15.7 Å². The maximum Gasteiger partial charge on any atom is 0.568 e. The van der Waals surface area contributed by atoms with E-state index in [-0.39, 0.29) is 0 Å². The van der Waals surface area contributed by atoms with Crippen molar-refractivity contribution in [1.82, 2.24) is 7.10 Å². The van der Waals surface area contributed by atoms with Crippen molar-refractivity contribution < 1.29 is 0 Å². The summed E-state index contributed by atoms with van der Waals surface area (Å²) in [6, 6.07) is 26.5. The van der Waals surface area contributed by atoms with Crippen molar-refractivity contribution in [3.05, 3.63) is 106 Å². The van der Waals surface area contributed by atoms with Gasteiger partial charge in [0.25, 0.3) is 0 Å². The second-order valence-corrected chi connectivity index (χ2v) is 21.4. The van der Waals surface area contributed by atoms with Crippen LogP contribution in [-0.4, -0.2) is 69.1 Å². The van der Waals surface area contributed by atoms with Crippen molar-refractivity contribution >= 4 is 119 Å². The summed E-state index contributed by atoms with van der Waals surface area (Å²) in [5, 5.41) is 4.41. The Morgan fingerprint density at radius 3 is 1.49 bits per heavy atom. The van der Waals surface area contributed by atoms with Crippen LogP contribution in [0.5, 0.6) is 0 Å². The topological polar surface area (TPSA) is 84.0 Å². The van der Waals surface area contributed by atoms with E-state index in [2.05, 4.69) is 108 Å². The summed E-state index contributed by atoms with van der Waals surface area (Å²) in [7, 11) is 0. The highest BCUT2D eigenvalue weighted by Gasteiger charge is 2.33. The lowest BCUT2D eigenvalue weighted by molar-refractivity contribution is 0.896. The average Bonchev–Trinajstić information content (AvgIpc) is 3.98. The minimum Gasteiger partial charge on any atom is -0.389 e. The molecule has 8 nitrogen and oxygen atoms in total. The average molecular weight is 892 g/mol. The molecule has 307 valence electrons. The number of amidine groups is 4. The molecular formula is C48H48AlN8S4. The predicted molar refractivity (Wildman–Crippen MR) is 264 cm³/mol. The van der Waals surface area contributed by atoms with Crippen molar-refractivity contribution in [3.63, 3.8) is 0 Å². The minimum absolute atomic E-state index is 0.706. The molecular weight excluding hydrogens is 844 g/mol. The zero-order valence-electron chi connectivity index (χ0n) is 35.2. The van der Waals surface area contributed by atoms with Crippen LogP contribution in [0.1, 0.15) is 101 Å². The fourth-order valence-electron chi connectivity index (χ4n) is 8.23. The van der Waals surface area contributed by atoms with Gasteiger partial charge in [-0.15, -0.1) is 47.0 Å². The summed E-state index contributed by atoms with van der Waals surface area (Å²) in [5.74, 6) is 8.75. The number of aliphatic imine (C=N–C) groups is 4. The Bertz CT molecular complexity index is 2980. The van der Waals surface area contributed by atoms with Crippen molar-refractivity contribution in [2.45, 2.75) is 98.6 Å². The molecule has 0 N–H and O–H groups in total. The summed E-state index contributed by atoms with van der Waals surface area (Å²) in [6.45, 7) is 9.03. The van der Waals surface area contributed by atoms with Crippen LogP contribution in [0, 0.1) is 0 Å². The highest BCUT2D eigenvalue weighted by Crippen LogP contribution is 2.45. The van der Waals surface area contributed by atoms with Crippen LogP contribution in [0.15, 0.2) is 122 Å². The molecule has 4 aromatic carbocycles. The number of thioether (sulfide) groups is 4. The Balaban J connectivity index is 1.35. The first-order valence-electron chi connectivity index (χ1n) is 21.9. The van der Waals surface area contributed by atoms with Crippen LogP contribution >= 0.6 is 47.0 Å². The van der Waals surface area contributed by atoms with Crippen LogP contribution in [0.25, 0.3) is 21.5 Å². The summed E-state index contributed by atoms with van der Waals surface area (Å²) in [4.78, 5) is 38.3. The smallest absolute Gasteiger partial charge is 0.389 e. The van der Waals surface area contributed by atoms with E-state index < -0.39 is 15.7 Å². The maximum absolute atomic E-state index is 5.67. The third kappa shape index (κ3) is 7.51. The second kappa shape index (κ2) is 18.1. The Kier molecular flexibility index (Phi) is 12.2. The van der Waals surface area contributed by atoms with E-state index in [0.29, 0.717) is 11.7 Å². The standard InChI is InChI=1S/C48H48N8S4.Al/c1-5-9-25-57-33-21-13-17-29-37(33)45-49-41(29)54-46-39-31(19-15-23-35(39)59-27-11-7-3)43(51-46)56-48-40-32(20-16-24-36(40)60-28-12-8-4)44(52-48)55-47-38-30(42(50-47)53-45)18-14-22-34(38)58-26-10-6-2;/h13-24H,5-12,25-28H2,1-4H3;/q-2;+2. The molecule has 0 amide bonds. The molecule has 6 heterocycles. The van der Waals surface area contributed by atoms with E-state index >= 15 is 0 Å². The lowest BCUT2D eigenvalue weighted by Crippen LogP contribution is -2.36. The summed E-state index contributed by atoms with van der Waals surface area (Å²) in [5.41, 5.74) is 5.97. The molecule has 0 aliphatic carbocycles. The lowest BCUT2D eigenvalue weighted by atomic mass is 10.1. The van der Waals surface area contributed by atoms with Gasteiger partial charge in [0, 0.05) is 63.4 Å². The largest absolute Gasteiger partial charge is 0.568 e. The number of nitrogens with zero attached hydrogens (tertiary/aromatic N) is 8. The van der Waals surface area contributed by atoms with Crippen LogP contribution in [0.3, 0.4) is 0 Å². The second-order valence-electron chi connectivity index (χ2n) is 15.6. The van der Waals surface area contributed by atoms with Gasteiger partial charge in [-0.05, 0) is 73.0 Å². The van der Waals surface area contributed by atoms with Gasteiger partial charge in [-0.2, -0.15) is 0 Å². The number of hydrogen-bond donors (Lipinski definition) is 0. The number of benzene rings is 4. The summed E-state index contributed by atoms with van der Waals surface area (Å²) >= 11 is 6.90. The van der Waals surface area contributed by atoms with E-state index in [1.54, 1.807) is 0 Å². The maximum atomic E-state index is 5.67. The predicted octanol–water partition coefficient (Wildman–Crippen LogP) is 12.0. The van der Waals surface area contributed by atoms with Gasteiger partial charge in [-0.1, -0.05) is 102 Å². The van der Waals surface area contributed by atoms with Crippen molar-refractivity contribution in [2.24, 2.45) is 30.0 Å². The van der Waals surface area contributed by atoms with Gasteiger partial charge in [0.15, 0.2) is 23.3 Å². The molecule has 0 saturated carbocycles. The van der Waals surface area contributed by atoms with Gasteiger partial charge in [-0.25, -0.2) is 30.0 Å². The van der Waals surface area contributed by atoms with Crippen LogP contribution in [0.2, 0.25) is 0 Å². The Morgan fingerprint density at radius 1 is 0.426 bits per heavy atom. The molecule has 13 heteroatoms. The van der Waals surface area contributed by atoms with E-state index in [1.807, 2.05) is 47.0 Å². The van der Waals surface area contributed by atoms with Gasteiger partial charge < -0.3 is 7.10 Å². The van der Waals surface area contributed by atoms with Crippen molar-refractivity contribution in [2.75, 3.05) is 23.0 Å². The number of aromatic nitrogens is 2. The van der Waals surface area contributed by atoms with E-state index in [4.69, 9.17) is 30.0 Å². The Labute approximate surface area is 381 Å². The fraction of sp³-hybridized carbons (Fsp3) is 0.333. The van der Waals surface area contributed by atoms with Gasteiger partial charge in [0.2, 0.25) is 0 Å². The molecule has 1 radical (unpaired) electrons. The zero-order valence-corrected chi connectivity index (χ0v) is 39.6. The lowest BCUT2D eigenvalue weighted by Gasteiger charge is -2.12. The molecule has 0 atom stereocenters. The highest BCUT2D eigenvalue weighted by molar-refractivity contribution is 8.00. The summed E-state index contributed by atoms with van der Waals surface area (Å²) in [6.07, 6.45) is 9.17. The molecule has 0 saturated heterocycles. The first-order chi connectivity index (χ1) is 30.1. The van der Waals surface area contributed by atoms with Crippen LogP contribution in [-0.2, 0) is 0 Å². The van der Waals surface area contributed by atoms with E-state index in [1.165, 1.54) is 19.6 Å². The van der Waals surface area contributed by atoms with Crippen molar-refractivity contribution in [3.8, 4) is 0 Å². The molecule has 2 aromatic heterocycles. The monoisotopic (exact) mass is 891 g/mol.